The van der Waals surface area contributed by atoms with Crippen molar-refractivity contribution in [2.75, 3.05) is 6.54 Å². The zero-order chi connectivity index (χ0) is 13.0. The van der Waals surface area contributed by atoms with Crippen LogP contribution < -0.4 is 5.32 Å². The molecule has 1 rings (SSSR count). The highest BCUT2D eigenvalue weighted by atomic mass is 35.5. The summed E-state index contributed by atoms with van der Waals surface area (Å²) in [6, 6.07) is 4.10. The Kier molecular flexibility index (Phi) is 4.42. The van der Waals surface area contributed by atoms with Gasteiger partial charge in [0.15, 0.2) is 0 Å². The van der Waals surface area contributed by atoms with Crippen LogP contribution in [-0.4, -0.2) is 28.6 Å². The largest absolute Gasteiger partial charge is 0.392 e. The Morgan fingerprint density at radius 3 is 2.82 bits per heavy atom. The molecule has 0 aliphatic heterocycles. The quantitative estimate of drug-likeness (QED) is 0.630. The van der Waals surface area contributed by atoms with Gasteiger partial charge in [0.05, 0.1) is 11.0 Å². The number of benzene rings is 1. The number of halogens is 1. The van der Waals surface area contributed by atoms with Gasteiger partial charge in [-0.3, -0.25) is 14.9 Å². The van der Waals surface area contributed by atoms with Crippen molar-refractivity contribution in [3.8, 4) is 0 Å². The fourth-order valence-corrected chi connectivity index (χ4v) is 1.46. The molecule has 0 heterocycles. The minimum atomic E-state index is -0.725. The standard InChI is InChI=1S/C10H11ClN2O4/c1-6(14)5-12-10(15)7-3-2-4-8(11)9(7)13(16)17/h2-4,6,14H,5H2,1H3,(H,12,15). The van der Waals surface area contributed by atoms with E-state index in [2.05, 4.69) is 5.32 Å². The van der Waals surface area contributed by atoms with Gasteiger partial charge in [0.1, 0.15) is 10.6 Å². The van der Waals surface area contributed by atoms with Crippen LogP contribution >= 0.6 is 11.6 Å². The Morgan fingerprint density at radius 1 is 1.65 bits per heavy atom. The molecule has 0 saturated carbocycles. The van der Waals surface area contributed by atoms with Crippen LogP contribution in [0.5, 0.6) is 0 Å². The van der Waals surface area contributed by atoms with E-state index in [1.807, 2.05) is 0 Å². The van der Waals surface area contributed by atoms with Crippen LogP contribution in [0.15, 0.2) is 18.2 Å². The SMILES string of the molecule is CC(O)CNC(=O)c1cccc(Cl)c1[N+](=O)[O-]. The van der Waals surface area contributed by atoms with Crippen molar-refractivity contribution in [1.82, 2.24) is 5.32 Å². The number of hydrogen-bond donors (Lipinski definition) is 2. The lowest BCUT2D eigenvalue weighted by Crippen LogP contribution is -2.31. The number of nitrogens with one attached hydrogen (secondary N) is 1. The molecule has 17 heavy (non-hydrogen) atoms. The zero-order valence-corrected chi connectivity index (χ0v) is 9.77. The van der Waals surface area contributed by atoms with Gasteiger partial charge in [0.25, 0.3) is 5.91 Å². The fraction of sp³-hybridized carbons (Fsp3) is 0.300. The van der Waals surface area contributed by atoms with E-state index in [0.29, 0.717) is 0 Å². The molecular weight excluding hydrogens is 248 g/mol. The van der Waals surface area contributed by atoms with Crippen LogP contribution in [0, 0.1) is 10.1 Å². The summed E-state index contributed by atoms with van der Waals surface area (Å²) < 4.78 is 0. The number of rotatable bonds is 4. The monoisotopic (exact) mass is 258 g/mol. The maximum atomic E-state index is 11.6. The third-order valence-corrected chi connectivity index (χ3v) is 2.28. The van der Waals surface area contributed by atoms with Crippen LogP contribution in [0.2, 0.25) is 5.02 Å². The Hall–Kier alpha value is -1.66. The molecule has 0 radical (unpaired) electrons. The summed E-state index contributed by atoms with van der Waals surface area (Å²) >= 11 is 5.66. The van der Waals surface area contributed by atoms with Crippen LogP contribution in [0.3, 0.4) is 0 Å². The van der Waals surface area contributed by atoms with Gasteiger partial charge in [0.2, 0.25) is 0 Å². The average molecular weight is 259 g/mol. The second kappa shape index (κ2) is 5.60. The van der Waals surface area contributed by atoms with Gasteiger partial charge >= 0.3 is 5.69 Å². The topological polar surface area (TPSA) is 92.5 Å². The van der Waals surface area contributed by atoms with Crippen molar-refractivity contribution >= 4 is 23.2 Å². The van der Waals surface area contributed by atoms with Crippen molar-refractivity contribution in [3.63, 3.8) is 0 Å². The first kappa shape index (κ1) is 13.4. The van der Waals surface area contributed by atoms with Crippen LogP contribution in [0.25, 0.3) is 0 Å². The molecule has 1 unspecified atom stereocenters. The molecule has 0 fully saturated rings. The van der Waals surface area contributed by atoms with E-state index in [9.17, 15) is 14.9 Å². The highest BCUT2D eigenvalue weighted by Crippen LogP contribution is 2.27. The van der Waals surface area contributed by atoms with Gasteiger partial charge in [0, 0.05) is 6.54 Å². The van der Waals surface area contributed by atoms with Crippen LogP contribution in [0.1, 0.15) is 17.3 Å². The second-order valence-corrected chi connectivity index (χ2v) is 3.86. The van der Waals surface area contributed by atoms with E-state index in [-0.39, 0.29) is 17.1 Å². The number of aliphatic hydroxyl groups is 1. The maximum absolute atomic E-state index is 11.6. The van der Waals surface area contributed by atoms with Crippen molar-refractivity contribution in [2.24, 2.45) is 0 Å². The third kappa shape index (κ3) is 3.40. The number of carbonyl (C=O) groups excluding carboxylic acids is 1. The molecule has 0 saturated heterocycles. The van der Waals surface area contributed by atoms with Crippen molar-refractivity contribution in [1.29, 1.82) is 0 Å². The average Bonchev–Trinajstić information content (AvgIpc) is 2.24. The molecule has 7 heteroatoms. The predicted molar refractivity (Wildman–Crippen MR) is 62.1 cm³/mol. The molecule has 0 aromatic heterocycles. The highest BCUT2D eigenvalue weighted by molar-refractivity contribution is 6.33. The van der Waals surface area contributed by atoms with E-state index in [1.54, 1.807) is 0 Å². The summed E-state index contributed by atoms with van der Waals surface area (Å²) in [6.45, 7) is 1.51. The Bertz CT molecular complexity index is 448. The Labute approximate surface area is 102 Å². The normalized spacial score (nSPS) is 11.9. The number of aliphatic hydroxyl groups excluding tert-OH is 1. The molecule has 1 aromatic rings. The number of amides is 1. The molecule has 0 bridgehead atoms. The zero-order valence-electron chi connectivity index (χ0n) is 9.01. The first-order chi connectivity index (χ1) is 7.93. The van der Waals surface area contributed by atoms with Gasteiger partial charge in [-0.2, -0.15) is 0 Å². The third-order valence-electron chi connectivity index (χ3n) is 1.97. The molecule has 1 atom stereocenters. The molecule has 1 amide bonds. The lowest BCUT2D eigenvalue weighted by molar-refractivity contribution is -0.385. The summed E-state index contributed by atoms with van der Waals surface area (Å²) in [5.41, 5.74) is -0.555. The summed E-state index contributed by atoms with van der Waals surface area (Å²) in [5, 5.41) is 22.1. The number of nitrogens with zero attached hydrogens (tertiary/aromatic N) is 1. The maximum Gasteiger partial charge on any atom is 0.300 e. The molecule has 1 aromatic carbocycles. The Morgan fingerprint density at radius 2 is 2.29 bits per heavy atom. The van der Waals surface area contributed by atoms with Crippen LogP contribution in [-0.2, 0) is 0 Å². The second-order valence-electron chi connectivity index (χ2n) is 3.45. The summed E-state index contributed by atoms with van der Waals surface area (Å²) in [4.78, 5) is 21.7. The minimum Gasteiger partial charge on any atom is -0.392 e. The molecule has 92 valence electrons. The van der Waals surface area contributed by atoms with E-state index in [1.165, 1.54) is 25.1 Å². The van der Waals surface area contributed by atoms with Crippen molar-refractivity contribution in [3.05, 3.63) is 38.9 Å². The van der Waals surface area contributed by atoms with Gasteiger partial charge in [-0.1, -0.05) is 17.7 Å². The molecule has 0 aliphatic carbocycles. The van der Waals surface area contributed by atoms with Gasteiger partial charge in [-0.05, 0) is 19.1 Å². The lowest BCUT2D eigenvalue weighted by atomic mass is 10.1. The number of para-hydroxylation sites is 1. The minimum absolute atomic E-state index is 0.0164. The molecule has 0 aliphatic rings. The fourth-order valence-electron chi connectivity index (χ4n) is 1.22. The molecular formula is C10H11ClN2O4. The van der Waals surface area contributed by atoms with Crippen molar-refractivity contribution in [2.45, 2.75) is 13.0 Å². The number of carbonyl (C=O) groups is 1. The van der Waals surface area contributed by atoms with Gasteiger partial charge in [-0.25, -0.2) is 0 Å². The molecule has 6 nitrogen and oxygen atoms in total. The van der Waals surface area contributed by atoms with E-state index < -0.39 is 22.6 Å². The molecule has 2 N–H and O–H groups in total. The van der Waals surface area contributed by atoms with E-state index >= 15 is 0 Å². The predicted octanol–water partition coefficient (Wildman–Crippen LogP) is 1.36. The van der Waals surface area contributed by atoms with Gasteiger partial charge < -0.3 is 10.4 Å². The van der Waals surface area contributed by atoms with E-state index in [4.69, 9.17) is 16.7 Å². The molecule has 0 spiro atoms. The summed E-state index contributed by atoms with van der Waals surface area (Å²) in [7, 11) is 0. The first-order valence-corrected chi connectivity index (χ1v) is 5.20. The number of nitro benzene ring substituents is 1. The van der Waals surface area contributed by atoms with Gasteiger partial charge in [-0.15, -0.1) is 0 Å². The summed E-state index contributed by atoms with van der Waals surface area (Å²) in [6.07, 6.45) is -0.725. The summed E-state index contributed by atoms with van der Waals surface area (Å²) in [5.74, 6) is -0.639. The first-order valence-electron chi connectivity index (χ1n) is 4.82. The smallest absolute Gasteiger partial charge is 0.300 e. The van der Waals surface area contributed by atoms with E-state index in [0.717, 1.165) is 0 Å². The van der Waals surface area contributed by atoms with Crippen LogP contribution in [0.4, 0.5) is 5.69 Å². The number of nitro groups is 1. The Balaban J connectivity index is 3.01. The number of hydrogen-bond acceptors (Lipinski definition) is 4. The lowest BCUT2D eigenvalue weighted by Gasteiger charge is -2.07. The highest BCUT2D eigenvalue weighted by Gasteiger charge is 2.23. The van der Waals surface area contributed by atoms with Crippen molar-refractivity contribution < 1.29 is 14.8 Å².